The number of rotatable bonds is 6. The van der Waals surface area contributed by atoms with E-state index in [0.29, 0.717) is 24.6 Å². The summed E-state index contributed by atoms with van der Waals surface area (Å²) in [4.78, 5) is 49.4. The lowest BCUT2D eigenvalue weighted by atomic mass is 10.1. The number of hydrogen-bond acceptors (Lipinski definition) is 7. The van der Waals surface area contributed by atoms with Gasteiger partial charge in [-0.2, -0.15) is 4.98 Å². The predicted octanol–water partition coefficient (Wildman–Crippen LogP) is 1.64. The Bertz CT molecular complexity index is 1480. The van der Waals surface area contributed by atoms with Crippen LogP contribution in [0.15, 0.2) is 64.2 Å². The number of aryl methyl sites for hydroxylation is 1. The lowest BCUT2D eigenvalue weighted by Crippen LogP contribution is -2.47. The van der Waals surface area contributed by atoms with Gasteiger partial charge >= 0.3 is 5.69 Å². The standard InChI is InChI=1S/C25H26N6O4/c1-28-22-21(23(33)27-25(28)34)31(16-20(32)17-6-4-3-5-7-17)24(26-22)30-14-12-29(13-15-30)18-8-10-19(35-2)11-9-18/h3-11H,12-16H2,1-2H3,(H,27,33,34). The zero-order valence-corrected chi connectivity index (χ0v) is 19.6. The van der Waals surface area contributed by atoms with Gasteiger partial charge in [0.2, 0.25) is 5.95 Å². The first kappa shape index (κ1) is 22.5. The SMILES string of the molecule is COc1ccc(N2CCN(c3nc4c(c(=O)[nH]c(=O)n4C)n3CC(=O)c3ccccc3)CC2)cc1. The minimum Gasteiger partial charge on any atom is -0.497 e. The number of carbonyl (C=O) groups is 1. The molecule has 10 nitrogen and oxygen atoms in total. The molecule has 1 fully saturated rings. The number of Topliss-reactive ketones (excluding diaryl/α,β-unsaturated/α-hetero) is 1. The molecule has 180 valence electrons. The minimum atomic E-state index is -0.556. The predicted molar refractivity (Wildman–Crippen MR) is 134 cm³/mol. The smallest absolute Gasteiger partial charge is 0.329 e. The second kappa shape index (κ2) is 9.13. The highest BCUT2D eigenvalue weighted by Gasteiger charge is 2.26. The molecule has 0 radical (unpaired) electrons. The molecule has 1 saturated heterocycles. The van der Waals surface area contributed by atoms with Gasteiger partial charge in [0, 0.05) is 44.5 Å². The third kappa shape index (κ3) is 4.18. The number of H-pyrrole nitrogens is 1. The van der Waals surface area contributed by atoms with Crippen molar-refractivity contribution in [2.75, 3.05) is 43.1 Å². The van der Waals surface area contributed by atoms with Gasteiger partial charge in [0.25, 0.3) is 5.56 Å². The van der Waals surface area contributed by atoms with Crippen LogP contribution in [0.3, 0.4) is 0 Å². The van der Waals surface area contributed by atoms with Crippen molar-refractivity contribution in [3.8, 4) is 5.75 Å². The van der Waals surface area contributed by atoms with E-state index in [1.54, 1.807) is 43.0 Å². The molecule has 10 heteroatoms. The summed E-state index contributed by atoms with van der Waals surface area (Å²) in [6, 6.07) is 16.9. The number of piperazine rings is 1. The second-order valence-electron chi connectivity index (χ2n) is 8.45. The number of nitrogens with zero attached hydrogens (tertiary/aromatic N) is 5. The van der Waals surface area contributed by atoms with E-state index in [9.17, 15) is 14.4 Å². The van der Waals surface area contributed by atoms with Crippen LogP contribution in [-0.4, -0.2) is 58.2 Å². The summed E-state index contributed by atoms with van der Waals surface area (Å²) in [5.41, 5.74) is 1.01. The van der Waals surface area contributed by atoms with Gasteiger partial charge in [-0.25, -0.2) is 4.79 Å². The van der Waals surface area contributed by atoms with Gasteiger partial charge in [-0.15, -0.1) is 0 Å². The lowest BCUT2D eigenvalue weighted by molar-refractivity contribution is 0.0973. The van der Waals surface area contributed by atoms with Crippen LogP contribution >= 0.6 is 0 Å². The van der Waals surface area contributed by atoms with Gasteiger partial charge in [-0.1, -0.05) is 30.3 Å². The molecule has 0 bridgehead atoms. The van der Waals surface area contributed by atoms with Crippen molar-refractivity contribution in [2.45, 2.75) is 6.54 Å². The number of aromatic nitrogens is 4. The van der Waals surface area contributed by atoms with Crippen molar-refractivity contribution in [1.82, 2.24) is 19.1 Å². The highest BCUT2D eigenvalue weighted by Crippen LogP contribution is 2.25. The van der Waals surface area contributed by atoms with Crippen LogP contribution in [0.5, 0.6) is 5.75 Å². The van der Waals surface area contributed by atoms with Gasteiger partial charge in [-0.3, -0.25) is 23.7 Å². The Kier molecular flexibility index (Phi) is 5.86. The summed E-state index contributed by atoms with van der Waals surface area (Å²) in [5.74, 6) is 1.17. The molecule has 0 amide bonds. The van der Waals surface area contributed by atoms with Crippen molar-refractivity contribution in [3.05, 3.63) is 81.0 Å². The number of methoxy groups -OCH3 is 1. The number of imidazole rings is 1. The normalized spacial score (nSPS) is 13.9. The third-order valence-corrected chi connectivity index (χ3v) is 6.38. The molecule has 0 aliphatic carbocycles. The number of ketones is 1. The summed E-state index contributed by atoms with van der Waals surface area (Å²) in [5, 5.41) is 0. The summed E-state index contributed by atoms with van der Waals surface area (Å²) >= 11 is 0. The fourth-order valence-electron chi connectivity index (χ4n) is 4.43. The van der Waals surface area contributed by atoms with Crippen LogP contribution in [0.2, 0.25) is 0 Å². The minimum absolute atomic E-state index is 0.0597. The fourth-order valence-corrected chi connectivity index (χ4v) is 4.43. The Balaban J connectivity index is 1.48. The monoisotopic (exact) mass is 474 g/mol. The molecule has 35 heavy (non-hydrogen) atoms. The maximum atomic E-state index is 13.1. The zero-order chi connectivity index (χ0) is 24.5. The van der Waals surface area contributed by atoms with E-state index in [1.165, 1.54) is 4.57 Å². The number of aromatic amines is 1. The maximum absolute atomic E-state index is 13.1. The third-order valence-electron chi connectivity index (χ3n) is 6.38. The Morgan fingerprint density at radius 1 is 0.971 bits per heavy atom. The Morgan fingerprint density at radius 3 is 2.29 bits per heavy atom. The summed E-state index contributed by atoms with van der Waals surface area (Å²) in [6.07, 6.45) is 0. The quantitative estimate of drug-likeness (QED) is 0.424. The fraction of sp³-hybridized carbons (Fsp3) is 0.280. The lowest BCUT2D eigenvalue weighted by Gasteiger charge is -2.36. The molecule has 0 atom stereocenters. The Hall–Kier alpha value is -4.34. The van der Waals surface area contributed by atoms with Gasteiger partial charge in [-0.05, 0) is 24.3 Å². The number of anilines is 2. The van der Waals surface area contributed by atoms with E-state index in [0.717, 1.165) is 24.5 Å². The van der Waals surface area contributed by atoms with Gasteiger partial charge in [0.1, 0.15) is 5.75 Å². The van der Waals surface area contributed by atoms with Gasteiger partial charge in [0.05, 0.1) is 13.7 Å². The molecule has 1 N–H and O–H groups in total. The molecular weight excluding hydrogens is 448 g/mol. The average molecular weight is 475 g/mol. The average Bonchev–Trinajstić information content (AvgIpc) is 3.28. The molecule has 0 saturated carbocycles. The summed E-state index contributed by atoms with van der Waals surface area (Å²) in [6.45, 7) is 2.69. The van der Waals surface area contributed by atoms with Crippen LogP contribution in [0.4, 0.5) is 11.6 Å². The molecule has 0 spiro atoms. The number of ether oxygens (including phenoxy) is 1. The Labute approximate surface area is 201 Å². The van der Waals surface area contributed by atoms with Crippen LogP contribution in [0.1, 0.15) is 10.4 Å². The van der Waals surface area contributed by atoms with E-state index in [-0.39, 0.29) is 23.5 Å². The van der Waals surface area contributed by atoms with Crippen molar-refractivity contribution in [3.63, 3.8) is 0 Å². The number of nitrogens with one attached hydrogen (secondary N) is 1. The molecule has 3 heterocycles. The number of hydrogen-bond donors (Lipinski definition) is 1. The van der Waals surface area contributed by atoms with E-state index >= 15 is 0 Å². The van der Waals surface area contributed by atoms with E-state index < -0.39 is 11.2 Å². The summed E-state index contributed by atoms with van der Waals surface area (Å²) < 4.78 is 8.18. The zero-order valence-electron chi connectivity index (χ0n) is 19.6. The van der Waals surface area contributed by atoms with Crippen LogP contribution < -0.4 is 25.8 Å². The van der Waals surface area contributed by atoms with Crippen molar-refractivity contribution >= 4 is 28.6 Å². The number of benzene rings is 2. The number of fused-ring (bicyclic) bond motifs is 1. The van der Waals surface area contributed by atoms with Crippen molar-refractivity contribution in [2.24, 2.45) is 7.05 Å². The Morgan fingerprint density at radius 2 is 1.63 bits per heavy atom. The molecular formula is C25H26N6O4. The van der Waals surface area contributed by atoms with Crippen LogP contribution in [0.25, 0.3) is 11.2 Å². The molecule has 2 aromatic heterocycles. The largest absolute Gasteiger partial charge is 0.497 e. The number of carbonyl (C=O) groups excluding carboxylic acids is 1. The van der Waals surface area contributed by atoms with E-state index in [2.05, 4.69) is 19.8 Å². The first-order valence-electron chi connectivity index (χ1n) is 11.4. The van der Waals surface area contributed by atoms with Crippen LogP contribution in [0, 0.1) is 0 Å². The van der Waals surface area contributed by atoms with Gasteiger partial charge < -0.3 is 14.5 Å². The molecule has 2 aromatic carbocycles. The van der Waals surface area contributed by atoms with Gasteiger partial charge in [0.15, 0.2) is 16.9 Å². The molecule has 4 aromatic rings. The summed E-state index contributed by atoms with van der Waals surface area (Å²) in [7, 11) is 3.20. The molecule has 0 unspecified atom stereocenters. The topological polar surface area (TPSA) is 105 Å². The highest BCUT2D eigenvalue weighted by molar-refractivity contribution is 5.97. The molecule has 1 aliphatic rings. The molecule has 1 aliphatic heterocycles. The first-order valence-corrected chi connectivity index (χ1v) is 11.4. The van der Waals surface area contributed by atoms with E-state index in [1.807, 2.05) is 30.3 Å². The molecule has 5 rings (SSSR count). The maximum Gasteiger partial charge on any atom is 0.329 e. The van der Waals surface area contributed by atoms with Crippen LogP contribution in [-0.2, 0) is 13.6 Å². The van der Waals surface area contributed by atoms with Crippen molar-refractivity contribution < 1.29 is 9.53 Å². The first-order chi connectivity index (χ1) is 17.0. The second-order valence-corrected chi connectivity index (χ2v) is 8.45. The van der Waals surface area contributed by atoms with Crippen molar-refractivity contribution in [1.29, 1.82) is 0 Å². The van der Waals surface area contributed by atoms with E-state index in [4.69, 9.17) is 4.74 Å². The highest BCUT2D eigenvalue weighted by atomic mass is 16.5.